The minimum Gasteiger partial charge on any atom is -0.495 e. The van der Waals surface area contributed by atoms with E-state index in [1.165, 1.54) is 36.1 Å². The van der Waals surface area contributed by atoms with Crippen LogP contribution in [0.2, 0.25) is 0 Å². The molecule has 7 heteroatoms. The van der Waals surface area contributed by atoms with Gasteiger partial charge in [-0.15, -0.1) is 0 Å². The Bertz CT molecular complexity index is 1020. The average Bonchev–Trinajstić information content (AvgIpc) is 2.67. The van der Waals surface area contributed by atoms with Gasteiger partial charge in [0.1, 0.15) is 12.3 Å². The fourth-order valence-corrected chi connectivity index (χ4v) is 3.14. The van der Waals surface area contributed by atoms with E-state index in [1.54, 1.807) is 0 Å². The van der Waals surface area contributed by atoms with Crippen molar-refractivity contribution >= 4 is 28.1 Å². The number of nitrogens with one attached hydrogen (secondary N) is 2. The number of anilines is 1. The lowest BCUT2D eigenvalue weighted by atomic mass is 10.1. The number of carbonyl (C=O) groups is 1. The standard InChI is InChI=1S/C21H21N3O4/c1-23(13-15-7-8-16-5-3-4-6-17(16)11-15)14-21(25)22-19-12-18(24(26)27)9-10-20(19)28-2/h3-12H,13-14H2,1-2H3,(H,22,25)/p+1. The third-order valence-electron chi connectivity index (χ3n) is 4.45. The Kier molecular flexibility index (Phi) is 5.86. The lowest BCUT2D eigenvalue weighted by Gasteiger charge is -2.15. The van der Waals surface area contributed by atoms with Crippen molar-refractivity contribution in [1.82, 2.24) is 0 Å². The summed E-state index contributed by atoms with van der Waals surface area (Å²) in [5.41, 5.74) is 1.32. The Morgan fingerprint density at radius 1 is 1.11 bits per heavy atom. The normalized spacial score (nSPS) is 11.8. The lowest BCUT2D eigenvalue weighted by Crippen LogP contribution is -3.08. The Morgan fingerprint density at radius 2 is 1.86 bits per heavy atom. The highest BCUT2D eigenvalue weighted by molar-refractivity contribution is 5.93. The summed E-state index contributed by atoms with van der Waals surface area (Å²) in [6.07, 6.45) is 0. The molecule has 2 N–H and O–H groups in total. The van der Waals surface area contributed by atoms with Crippen molar-refractivity contribution in [2.24, 2.45) is 0 Å². The molecule has 0 aliphatic heterocycles. The number of methoxy groups -OCH3 is 1. The summed E-state index contributed by atoms with van der Waals surface area (Å²) in [5, 5.41) is 16.0. The van der Waals surface area contributed by atoms with Crippen LogP contribution in [-0.4, -0.2) is 31.5 Å². The smallest absolute Gasteiger partial charge is 0.279 e. The molecule has 1 amide bonds. The molecule has 1 atom stereocenters. The van der Waals surface area contributed by atoms with Crippen LogP contribution < -0.4 is 15.0 Å². The summed E-state index contributed by atoms with van der Waals surface area (Å²) >= 11 is 0. The maximum absolute atomic E-state index is 12.4. The van der Waals surface area contributed by atoms with Crippen LogP contribution in [0.5, 0.6) is 5.75 Å². The maximum atomic E-state index is 12.4. The first-order chi connectivity index (χ1) is 13.5. The van der Waals surface area contributed by atoms with Gasteiger partial charge in [0, 0.05) is 17.7 Å². The summed E-state index contributed by atoms with van der Waals surface area (Å²) in [4.78, 5) is 23.9. The van der Waals surface area contributed by atoms with E-state index in [4.69, 9.17) is 4.74 Å². The second kappa shape index (κ2) is 8.49. The first kappa shape index (κ1) is 19.3. The summed E-state index contributed by atoms with van der Waals surface area (Å²) < 4.78 is 5.18. The molecule has 0 spiro atoms. The molecule has 144 valence electrons. The molecule has 0 radical (unpaired) electrons. The molecular formula is C21H22N3O4+. The number of hydrogen-bond donors (Lipinski definition) is 2. The number of nitro benzene ring substituents is 1. The molecule has 3 aromatic rings. The largest absolute Gasteiger partial charge is 0.495 e. The van der Waals surface area contributed by atoms with Crippen molar-refractivity contribution in [3.05, 3.63) is 76.3 Å². The van der Waals surface area contributed by atoms with Gasteiger partial charge in [-0.05, 0) is 22.9 Å². The summed E-state index contributed by atoms with van der Waals surface area (Å²) in [6, 6.07) is 18.5. The lowest BCUT2D eigenvalue weighted by molar-refractivity contribution is -0.885. The minimum atomic E-state index is -0.508. The van der Waals surface area contributed by atoms with Gasteiger partial charge in [0.25, 0.3) is 11.6 Å². The van der Waals surface area contributed by atoms with Crippen molar-refractivity contribution in [1.29, 1.82) is 0 Å². The van der Waals surface area contributed by atoms with Gasteiger partial charge in [0.2, 0.25) is 0 Å². The number of quaternary nitrogens is 1. The van der Waals surface area contributed by atoms with Gasteiger partial charge >= 0.3 is 0 Å². The van der Waals surface area contributed by atoms with E-state index in [1.807, 2.05) is 19.2 Å². The zero-order valence-corrected chi connectivity index (χ0v) is 15.8. The number of ether oxygens (including phenoxy) is 1. The van der Waals surface area contributed by atoms with Crippen LogP contribution in [0.4, 0.5) is 11.4 Å². The predicted octanol–water partition coefficient (Wildman–Crippen LogP) is 2.41. The zero-order chi connectivity index (χ0) is 20.1. The van der Waals surface area contributed by atoms with E-state index in [-0.39, 0.29) is 18.1 Å². The number of fused-ring (bicyclic) bond motifs is 1. The molecule has 0 fully saturated rings. The van der Waals surface area contributed by atoms with Crippen LogP contribution >= 0.6 is 0 Å². The number of likely N-dealkylation sites (N-methyl/N-ethyl adjacent to an activating group) is 1. The molecule has 7 nitrogen and oxygen atoms in total. The molecule has 1 unspecified atom stereocenters. The zero-order valence-electron chi connectivity index (χ0n) is 15.8. The summed E-state index contributed by atoms with van der Waals surface area (Å²) in [6.45, 7) is 0.906. The Labute approximate surface area is 162 Å². The number of non-ortho nitro benzene ring substituents is 1. The van der Waals surface area contributed by atoms with Crippen molar-refractivity contribution in [2.75, 3.05) is 26.0 Å². The van der Waals surface area contributed by atoms with Crippen LogP contribution in [0.1, 0.15) is 5.56 Å². The summed E-state index contributed by atoms with van der Waals surface area (Å²) in [7, 11) is 3.38. The number of carbonyl (C=O) groups excluding carboxylic acids is 1. The highest BCUT2D eigenvalue weighted by atomic mass is 16.6. The Hall–Kier alpha value is -3.45. The van der Waals surface area contributed by atoms with Gasteiger partial charge in [-0.3, -0.25) is 14.9 Å². The van der Waals surface area contributed by atoms with Crippen molar-refractivity contribution in [3.63, 3.8) is 0 Å². The predicted molar refractivity (Wildman–Crippen MR) is 108 cm³/mol. The van der Waals surface area contributed by atoms with Crippen LogP contribution in [0, 0.1) is 10.1 Å². The second-order valence-electron chi connectivity index (χ2n) is 6.68. The van der Waals surface area contributed by atoms with Gasteiger partial charge in [0.15, 0.2) is 6.54 Å². The minimum absolute atomic E-state index is 0.104. The van der Waals surface area contributed by atoms with Gasteiger partial charge in [-0.1, -0.05) is 36.4 Å². The first-order valence-electron chi connectivity index (χ1n) is 8.87. The number of benzene rings is 3. The van der Waals surface area contributed by atoms with Crippen molar-refractivity contribution in [3.8, 4) is 5.75 Å². The number of nitrogens with zero attached hydrogens (tertiary/aromatic N) is 1. The van der Waals surface area contributed by atoms with Gasteiger partial charge in [-0.25, -0.2) is 0 Å². The monoisotopic (exact) mass is 380 g/mol. The third-order valence-corrected chi connectivity index (χ3v) is 4.45. The van der Waals surface area contributed by atoms with E-state index in [0.29, 0.717) is 18.0 Å². The van der Waals surface area contributed by atoms with Crippen LogP contribution in [0.25, 0.3) is 10.8 Å². The molecule has 0 saturated heterocycles. The van der Waals surface area contributed by atoms with Crippen LogP contribution in [0.3, 0.4) is 0 Å². The van der Waals surface area contributed by atoms with E-state index in [2.05, 4.69) is 35.6 Å². The van der Waals surface area contributed by atoms with Crippen molar-refractivity contribution in [2.45, 2.75) is 6.54 Å². The fourth-order valence-electron chi connectivity index (χ4n) is 3.14. The molecule has 0 aromatic heterocycles. The van der Waals surface area contributed by atoms with E-state index in [0.717, 1.165) is 10.5 Å². The molecular weight excluding hydrogens is 358 g/mol. The molecule has 3 aromatic carbocycles. The highest BCUT2D eigenvalue weighted by Crippen LogP contribution is 2.28. The molecule has 0 bridgehead atoms. The maximum Gasteiger partial charge on any atom is 0.279 e. The highest BCUT2D eigenvalue weighted by Gasteiger charge is 2.16. The quantitative estimate of drug-likeness (QED) is 0.487. The van der Waals surface area contributed by atoms with Crippen molar-refractivity contribution < 1.29 is 19.4 Å². The molecule has 0 aliphatic carbocycles. The van der Waals surface area contributed by atoms with Crippen LogP contribution in [0.15, 0.2) is 60.7 Å². The Morgan fingerprint density at radius 3 is 2.57 bits per heavy atom. The molecule has 0 saturated carbocycles. The van der Waals surface area contributed by atoms with Gasteiger partial charge in [-0.2, -0.15) is 0 Å². The van der Waals surface area contributed by atoms with Gasteiger partial charge < -0.3 is 15.0 Å². The van der Waals surface area contributed by atoms with Crippen LogP contribution in [-0.2, 0) is 11.3 Å². The third kappa shape index (κ3) is 4.63. The number of nitro groups is 1. The second-order valence-corrected chi connectivity index (χ2v) is 6.68. The van der Waals surface area contributed by atoms with E-state index < -0.39 is 4.92 Å². The number of amides is 1. The molecule has 28 heavy (non-hydrogen) atoms. The van der Waals surface area contributed by atoms with Gasteiger partial charge in [0.05, 0.1) is 24.8 Å². The topological polar surface area (TPSA) is 85.9 Å². The fraction of sp³-hybridized carbons (Fsp3) is 0.190. The first-order valence-corrected chi connectivity index (χ1v) is 8.87. The Balaban J connectivity index is 1.65. The number of hydrogen-bond acceptors (Lipinski definition) is 4. The molecule has 3 rings (SSSR count). The number of rotatable bonds is 7. The van der Waals surface area contributed by atoms with E-state index >= 15 is 0 Å². The average molecular weight is 380 g/mol. The summed E-state index contributed by atoms with van der Waals surface area (Å²) in [5.74, 6) is 0.142. The SMILES string of the molecule is COc1ccc([N+](=O)[O-])cc1NC(=O)C[NH+](C)Cc1ccc2ccccc2c1. The molecule has 0 aliphatic rings. The molecule has 0 heterocycles. The van der Waals surface area contributed by atoms with E-state index in [9.17, 15) is 14.9 Å².